The van der Waals surface area contributed by atoms with Crippen LogP contribution in [0.4, 0.5) is 0 Å². The summed E-state index contributed by atoms with van der Waals surface area (Å²) in [6.45, 7) is 16.8. The van der Waals surface area contributed by atoms with Crippen LogP contribution in [0.2, 0.25) is 0 Å². The van der Waals surface area contributed by atoms with Crippen LogP contribution in [-0.4, -0.2) is 75.6 Å². The fraction of sp³-hybridized carbons (Fsp3) is 0.708. The predicted molar refractivity (Wildman–Crippen MR) is 140 cm³/mol. The number of aryl methyl sites for hydroxylation is 1. The first kappa shape index (κ1) is 27.1. The van der Waals surface area contributed by atoms with Crippen LogP contribution in [0.15, 0.2) is 23.2 Å². The van der Waals surface area contributed by atoms with Gasteiger partial charge in [0.05, 0.1) is 33.0 Å². The van der Waals surface area contributed by atoms with Gasteiger partial charge in [-0.2, -0.15) is 0 Å². The minimum Gasteiger partial charge on any atom is -0.493 e. The van der Waals surface area contributed by atoms with Crippen molar-refractivity contribution < 1.29 is 14.2 Å². The van der Waals surface area contributed by atoms with Crippen LogP contribution in [0.5, 0.6) is 5.75 Å². The fourth-order valence-corrected chi connectivity index (χ4v) is 3.94. The number of guanidine groups is 1. The van der Waals surface area contributed by atoms with E-state index in [9.17, 15) is 0 Å². The smallest absolute Gasteiger partial charge is 0.191 e. The molecule has 2 saturated heterocycles. The molecule has 1 aromatic carbocycles. The number of benzene rings is 1. The van der Waals surface area contributed by atoms with Gasteiger partial charge in [-0.3, -0.25) is 4.90 Å². The highest BCUT2D eigenvalue weighted by Crippen LogP contribution is 2.23. The Morgan fingerprint density at radius 2 is 1.97 bits per heavy atom. The zero-order chi connectivity index (χ0) is 22.1. The summed E-state index contributed by atoms with van der Waals surface area (Å²) in [5, 5.41) is 6.91. The topological polar surface area (TPSA) is 67.4 Å². The van der Waals surface area contributed by atoms with Gasteiger partial charge >= 0.3 is 0 Å². The van der Waals surface area contributed by atoms with Crippen molar-refractivity contribution in [1.82, 2.24) is 15.5 Å². The molecule has 1 aromatic rings. The average molecular weight is 561 g/mol. The molecule has 2 fully saturated rings. The van der Waals surface area contributed by atoms with Gasteiger partial charge in [-0.1, -0.05) is 12.1 Å². The Balaban J connectivity index is 0.00000363. The molecule has 32 heavy (non-hydrogen) atoms. The van der Waals surface area contributed by atoms with Gasteiger partial charge in [-0.25, -0.2) is 4.99 Å². The predicted octanol–water partition coefficient (Wildman–Crippen LogP) is 3.19. The number of morpholine rings is 1. The average Bonchev–Trinajstić information content (AvgIpc) is 3.29. The van der Waals surface area contributed by atoms with Crippen LogP contribution in [0.3, 0.4) is 0 Å². The molecule has 0 amide bonds. The molecule has 2 aliphatic heterocycles. The van der Waals surface area contributed by atoms with Crippen LogP contribution in [0.1, 0.15) is 38.3 Å². The van der Waals surface area contributed by atoms with E-state index in [-0.39, 0.29) is 29.5 Å². The number of ether oxygens (including phenoxy) is 3. The fourth-order valence-electron chi connectivity index (χ4n) is 3.94. The molecule has 0 saturated carbocycles. The Hall–Kier alpha value is -1.10. The van der Waals surface area contributed by atoms with Gasteiger partial charge in [-0.15, -0.1) is 24.0 Å². The van der Waals surface area contributed by atoms with Crippen molar-refractivity contribution in [3.63, 3.8) is 0 Å². The summed E-state index contributed by atoms with van der Waals surface area (Å²) in [4.78, 5) is 7.33. The number of halogens is 1. The second kappa shape index (κ2) is 13.6. The maximum absolute atomic E-state index is 6.18. The molecular weight excluding hydrogens is 519 g/mol. The molecule has 0 aromatic heterocycles. The maximum atomic E-state index is 6.18. The summed E-state index contributed by atoms with van der Waals surface area (Å²) in [7, 11) is 0. The summed E-state index contributed by atoms with van der Waals surface area (Å²) >= 11 is 0. The molecule has 0 spiro atoms. The van der Waals surface area contributed by atoms with Crippen LogP contribution in [0, 0.1) is 12.8 Å². The Morgan fingerprint density at radius 1 is 1.19 bits per heavy atom. The van der Waals surface area contributed by atoms with Gasteiger partial charge in [0.25, 0.3) is 0 Å². The van der Waals surface area contributed by atoms with Crippen LogP contribution < -0.4 is 15.4 Å². The Labute approximate surface area is 210 Å². The quantitative estimate of drug-likeness (QED) is 0.275. The van der Waals surface area contributed by atoms with Gasteiger partial charge in [0.15, 0.2) is 5.96 Å². The molecule has 7 nitrogen and oxygen atoms in total. The highest BCUT2D eigenvalue weighted by molar-refractivity contribution is 14.0. The third kappa shape index (κ3) is 8.35. The molecule has 0 radical (unpaired) electrons. The molecule has 0 bridgehead atoms. The van der Waals surface area contributed by atoms with E-state index in [2.05, 4.69) is 61.4 Å². The highest BCUT2D eigenvalue weighted by atomic mass is 127. The summed E-state index contributed by atoms with van der Waals surface area (Å²) < 4.78 is 17.2. The highest BCUT2D eigenvalue weighted by Gasteiger charge is 2.28. The van der Waals surface area contributed by atoms with Crippen molar-refractivity contribution in [3.8, 4) is 5.75 Å². The summed E-state index contributed by atoms with van der Waals surface area (Å²) in [6, 6.07) is 6.36. The number of nitrogens with zero attached hydrogens (tertiary/aromatic N) is 2. The number of hydrogen-bond donors (Lipinski definition) is 2. The molecule has 2 N–H and O–H groups in total. The van der Waals surface area contributed by atoms with Crippen molar-refractivity contribution in [1.29, 1.82) is 0 Å². The van der Waals surface area contributed by atoms with E-state index in [4.69, 9.17) is 19.2 Å². The third-order valence-corrected chi connectivity index (χ3v) is 6.03. The molecule has 3 rings (SSSR count). The van der Waals surface area contributed by atoms with Gasteiger partial charge in [0, 0.05) is 49.8 Å². The van der Waals surface area contributed by atoms with Gasteiger partial charge in [0.1, 0.15) is 5.75 Å². The van der Waals surface area contributed by atoms with Crippen molar-refractivity contribution >= 4 is 29.9 Å². The van der Waals surface area contributed by atoms with Crippen LogP contribution in [0.25, 0.3) is 0 Å². The molecular formula is C24H41IN4O3. The Bertz CT molecular complexity index is 717. The van der Waals surface area contributed by atoms with Crippen molar-refractivity contribution in [2.24, 2.45) is 10.9 Å². The molecule has 0 aliphatic carbocycles. The largest absolute Gasteiger partial charge is 0.493 e. The lowest BCUT2D eigenvalue weighted by Crippen LogP contribution is -2.56. The monoisotopic (exact) mass is 560 g/mol. The molecule has 8 heteroatoms. The lowest BCUT2D eigenvalue weighted by Gasteiger charge is -2.41. The second-order valence-electron chi connectivity index (χ2n) is 9.11. The number of hydrogen-bond acceptors (Lipinski definition) is 5. The molecule has 1 unspecified atom stereocenters. The van der Waals surface area contributed by atoms with Crippen LogP contribution >= 0.6 is 24.0 Å². The normalized spacial score (nSPS) is 20.0. The molecule has 1 atom stereocenters. The zero-order valence-corrected chi connectivity index (χ0v) is 22.4. The summed E-state index contributed by atoms with van der Waals surface area (Å²) in [5.74, 6) is 2.25. The zero-order valence-electron chi connectivity index (χ0n) is 20.1. The molecule has 182 valence electrons. The number of rotatable bonds is 9. The molecule has 2 heterocycles. The van der Waals surface area contributed by atoms with Gasteiger partial charge in [0.2, 0.25) is 0 Å². The van der Waals surface area contributed by atoms with Crippen molar-refractivity contribution in [2.75, 3.05) is 59.2 Å². The summed E-state index contributed by atoms with van der Waals surface area (Å²) in [5.41, 5.74) is 2.33. The minimum atomic E-state index is 0. The van der Waals surface area contributed by atoms with E-state index in [0.29, 0.717) is 19.1 Å². The van der Waals surface area contributed by atoms with E-state index in [1.807, 2.05) is 0 Å². The van der Waals surface area contributed by atoms with Gasteiger partial charge < -0.3 is 24.8 Å². The molecule has 2 aliphatic rings. The van der Waals surface area contributed by atoms with E-state index >= 15 is 0 Å². The van der Waals surface area contributed by atoms with Crippen molar-refractivity contribution in [2.45, 2.75) is 46.2 Å². The Morgan fingerprint density at radius 3 is 2.66 bits per heavy atom. The first-order valence-electron chi connectivity index (χ1n) is 11.6. The van der Waals surface area contributed by atoms with Gasteiger partial charge in [-0.05, 0) is 45.7 Å². The maximum Gasteiger partial charge on any atom is 0.191 e. The SMILES string of the molecule is CCNC(=NCc1ccc(C)cc1OCC1CCOC1)NCC(C)(C)N1CCOCC1.I. The first-order valence-corrected chi connectivity index (χ1v) is 11.6. The summed E-state index contributed by atoms with van der Waals surface area (Å²) in [6.07, 6.45) is 1.08. The third-order valence-electron chi connectivity index (χ3n) is 6.03. The standard InChI is InChI=1S/C24H40N4O3.HI/c1-5-25-23(27-18-24(3,4)28-9-12-29-13-10-28)26-15-21-7-6-19(2)14-22(21)31-17-20-8-11-30-16-20;/h6-7,14,20H,5,8-13,15-18H2,1-4H3,(H2,25,26,27);1H. The van der Waals surface area contributed by atoms with Crippen LogP contribution in [-0.2, 0) is 16.0 Å². The van der Waals surface area contributed by atoms with E-state index < -0.39 is 0 Å². The van der Waals surface area contributed by atoms with E-state index in [1.54, 1.807) is 0 Å². The number of aliphatic imine (C=N–C) groups is 1. The first-order chi connectivity index (χ1) is 15.0. The number of nitrogens with one attached hydrogen (secondary N) is 2. The lowest BCUT2D eigenvalue weighted by molar-refractivity contribution is -0.00834. The van der Waals surface area contributed by atoms with Crippen molar-refractivity contribution in [3.05, 3.63) is 29.3 Å². The second-order valence-corrected chi connectivity index (χ2v) is 9.11. The van der Waals surface area contributed by atoms with E-state index in [0.717, 1.165) is 76.3 Å². The Kier molecular flexibility index (Phi) is 11.5. The van der Waals surface area contributed by atoms with E-state index in [1.165, 1.54) is 5.56 Å². The lowest BCUT2D eigenvalue weighted by atomic mass is 10.0. The minimum absolute atomic E-state index is 0.